The number of nitrogens with zero attached hydrogens (tertiary/aromatic N) is 4. The molecule has 3 aromatic rings. The van der Waals surface area contributed by atoms with Crippen molar-refractivity contribution < 1.29 is 18.0 Å². The number of halogens is 3. The van der Waals surface area contributed by atoms with E-state index in [2.05, 4.69) is 15.3 Å². The van der Waals surface area contributed by atoms with Gasteiger partial charge in [0.1, 0.15) is 0 Å². The van der Waals surface area contributed by atoms with Gasteiger partial charge in [-0.05, 0) is 74.6 Å². The molecule has 1 amide bonds. The lowest BCUT2D eigenvalue weighted by Gasteiger charge is -2.25. The Bertz CT molecular complexity index is 1480. The maximum absolute atomic E-state index is 13.5. The Morgan fingerprint density at radius 1 is 1.13 bits per heavy atom. The number of nitrogens with two attached hydrogens (primary N) is 1. The number of hydrogen-bond acceptors (Lipinski definition) is 7. The minimum atomic E-state index is -4.55. The topological polar surface area (TPSA) is 87.4 Å². The lowest BCUT2D eigenvalue weighted by molar-refractivity contribution is -0.137. The first-order chi connectivity index (χ1) is 18.4. The number of aromatic nitrogens is 2. The van der Waals surface area contributed by atoms with Crippen molar-refractivity contribution in [1.82, 2.24) is 14.9 Å². The maximum Gasteiger partial charge on any atom is 0.416 e. The molecule has 39 heavy (non-hydrogen) atoms. The van der Waals surface area contributed by atoms with Crippen LogP contribution in [0.1, 0.15) is 24.0 Å². The number of allylic oxidation sites excluding steroid dienone is 3. The fraction of sp³-hybridized carbons (Fsp3) is 0.286. The molecule has 1 heterocycles. The number of anilines is 3. The highest BCUT2D eigenvalue weighted by Crippen LogP contribution is 2.36. The molecular weight excluding hydrogens is 525 g/mol. The summed E-state index contributed by atoms with van der Waals surface area (Å²) in [4.78, 5) is 25.9. The average molecular weight is 555 g/mol. The molecule has 0 fully saturated rings. The summed E-state index contributed by atoms with van der Waals surface area (Å²) in [5.74, 6) is -0.390. The monoisotopic (exact) mass is 554 g/mol. The zero-order valence-electron chi connectivity index (χ0n) is 21.8. The van der Waals surface area contributed by atoms with E-state index in [-0.39, 0.29) is 17.2 Å². The zero-order valence-corrected chi connectivity index (χ0v) is 22.7. The fourth-order valence-corrected chi connectivity index (χ4v) is 4.54. The lowest BCUT2D eigenvalue weighted by atomic mass is 9.93. The summed E-state index contributed by atoms with van der Waals surface area (Å²) in [5.41, 5.74) is 7.88. The third kappa shape index (κ3) is 6.79. The van der Waals surface area contributed by atoms with Crippen LogP contribution in [0.4, 0.5) is 30.5 Å². The van der Waals surface area contributed by atoms with E-state index in [1.807, 2.05) is 48.2 Å². The summed E-state index contributed by atoms with van der Waals surface area (Å²) in [5, 5.41) is 3.48. The lowest BCUT2D eigenvalue weighted by Crippen LogP contribution is -2.26. The van der Waals surface area contributed by atoms with Crippen LogP contribution in [0.25, 0.3) is 16.5 Å². The predicted molar refractivity (Wildman–Crippen MR) is 154 cm³/mol. The molecule has 0 bridgehead atoms. The van der Waals surface area contributed by atoms with Crippen molar-refractivity contribution >= 4 is 56.8 Å². The molecule has 0 aliphatic heterocycles. The van der Waals surface area contributed by atoms with E-state index >= 15 is 0 Å². The van der Waals surface area contributed by atoms with Gasteiger partial charge in [-0.1, -0.05) is 24.4 Å². The number of rotatable bonds is 8. The van der Waals surface area contributed by atoms with Gasteiger partial charge in [0, 0.05) is 36.5 Å². The molecule has 204 valence electrons. The normalized spacial score (nSPS) is 13.9. The molecule has 0 saturated heterocycles. The summed E-state index contributed by atoms with van der Waals surface area (Å²) in [6, 6.07) is 8.93. The van der Waals surface area contributed by atoms with Crippen molar-refractivity contribution in [2.24, 2.45) is 0 Å². The molecule has 2 aromatic carbocycles. The first-order valence-corrected chi connectivity index (χ1v) is 12.7. The van der Waals surface area contributed by atoms with Gasteiger partial charge in [-0.15, -0.1) is 0 Å². The van der Waals surface area contributed by atoms with Crippen molar-refractivity contribution in [1.29, 1.82) is 0 Å². The van der Waals surface area contributed by atoms with Crippen LogP contribution >= 0.6 is 12.2 Å². The van der Waals surface area contributed by atoms with E-state index in [4.69, 9.17) is 18.0 Å². The van der Waals surface area contributed by atoms with Crippen LogP contribution in [0.5, 0.6) is 0 Å². The van der Waals surface area contributed by atoms with Crippen LogP contribution in [0, 0.1) is 0 Å². The van der Waals surface area contributed by atoms with Gasteiger partial charge < -0.3 is 20.9 Å². The minimum absolute atomic E-state index is 0.0717. The third-order valence-electron chi connectivity index (χ3n) is 6.37. The van der Waals surface area contributed by atoms with E-state index in [1.54, 1.807) is 19.3 Å². The third-order valence-corrected chi connectivity index (χ3v) is 6.75. The summed E-state index contributed by atoms with van der Waals surface area (Å²) >= 11 is 5.46. The van der Waals surface area contributed by atoms with E-state index in [0.717, 1.165) is 41.6 Å². The van der Waals surface area contributed by atoms with Gasteiger partial charge in [-0.25, -0.2) is 9.97 Å². The summed E-state index contributed by atoms with van der Waals surface area (Å²) in [6.07, 6.45) is 1.78. The number of benzene rings is 2. The Hall–Kier alpha value is -3.83. The molecule has 1 aliphatic rings. The van der Waals surface area contributed by atoms with Crippen molar-refractivity contribution in [2.45, 2.75) is 19.0 Å². The van der Waals surface area contributed by atoms with Gasteiger partial charge in [0.15, 0.2) is 0 Å². The number of nitrogens with one attached hydrogen (secondary N) is 1. The number of carbonyl (C=O) groups excluding carboxylic acids is 1. The minimum Gasteiger partial charge on any atom is -0.373 e. The smallest absolute Gasteiger partial charge is 0.373 e. The molecule has 3 N–H and O–H groups in total. The highest BCUT2D eigenvalue weighted by Gasteiger charge is 2.32. The van der Waals surface area contributed by atoms with E-state index in [1.165, 1.54) is 6.07 Å². The predicted octanol–water partition coefficient (Wildman–Crippen LogP) is 5.34. The van der Waals surface area contributed by atoms with Gasteiger partial charge in [0.05, 0.1) is 28.0 Å². The second kappa shape index (κ2) is 11.5. The van der Waals surface area contributed by atoms with E-state index in [0.29, 0.717) is 29.0 Å². The van der Waals surface area contributed by atoms with Crippen molar-refractivity contribution in [3.63, 3.8) is 0 Å². The Morgan fingerprint density at radius 2 is 1.90 bits per heavy atom. The van der Waals surface area contributed by atoms with Gasteiger partial charge in [-0.2, -0.15) is 13.2 Å². The Labute approximate surface area is 230 Å². The molecule has 4 rings (SSSR count). The fourth-order valence-electron chi connectivity index (χ4n) is 4.31. The standard InChI is InChI=1S/C28H29F3N6OS/c1-36(2)11-4-12-37(3)24-9-7-20(28(29,30)31)15-23(24)34-26(38)21-14-18(6-10-25(21)39)17-5-8-22-19(13-17)16-33-27(32)35-22/h5-9,13-16H,4,10-12H2,1-3H3,(H,34,38)(H2,32,33,35). The number of carbonyl (C=O) groups is 1. The molecule has 0 radical (unpaired) electrons. The Kier molecular flexibility index (Phi) is 8.31. The highest BCUT2D eigenvalue weighted by molar-refractivity contribution is 7.81. The van der Waals surface area contributed by atoms with Crippen LogP contribution in [0.3, 0.4) is 0 Å². The van der Waals surface area contributed by atoms with Crippen LogP contribution in [-0.2, 0) is 11.0 Å². The van der Waals surface area contributed by atoms with Crippen LogP contribution in [-0.4, -0.2) is 59.9 Å². The van der Waals surface area contributed by atoms with Gasteiger partial charge >= 0.3 is 6.18 Å². The second-order valence-corrected chi connectivity index (χ2v) is 10.1. The van der Waals surface area contributed by atoms with Gasteiger partial charge in [-0.3, -0.25) is 4.79 Å². The first kappa shape index (κ1) is 28.2. The Balaban J connectivity index is 1.63. The number of hydrogen-bond donors (Lipinski definition) is 2. The van der Waals surface area contributed by atoms with Crippen molar-refractivity contribution in [2.75, 3.05) is 50.2 Å². The van der Waals surface area contributed by atoms with Crippen LogP contribution in [0.2, 0.25) is 0 Å². The largest absolute Gasteiger partial charge is 0.416 e. The molecule has 0 unspecified atom stereocenters. The molecular formula is C28H29F3N6OS. The van der Waals surface area contributed by atoms with Gasteiger partial charge in [0.25, 0.3) is 5.91 Å². The van der Waals surface area contributed by atoms with E-state index in [9.17, 15) is 18.0 Å². The summed E-state index contributed by atoms with van der Waals surface area (Å²) in [6.45, 7) is 1.41. The number of thiocarbonyl (C=S) groups is 1. The molecule has 11 heteroatoms. The summed E-state index contributed by atoms with van der Waals surface area (Å²) in [7, 11) is 5.69. The Morgan fingerprint density at radius 3 is 2.62 bits per heavy atom. The average Bonchev–Trinajstić information content (AvgIpc) is 2.87. The van der Waals surface area contributed by atoms with Crippen LogP contribution < -0.4 is 16.0 Å². The molecule has 1 aromatic heterocycles. The quantitative estimate of drug-likeness (QED) is 0.364. The number of fused-ring (bicyclic) bond motifs is 1. The molecule has 1 aliphatic carbocycles. The molecule has 0 saturated carbocycles. The number of alkyl halides is 3. The van der Waals surface area contributed by atoms with Crippen LogP contribution in [0.15, 0.2) is 60.3 Å². The SMILES string of the molecule is CN(C)CCCN(C)c1ccc(C(F)(F)F)cc1NC(=O)C1=CC(c2ccc3nc(N)ncc3c2)=CCC1=S. The summed E-state index contributed by atoms with van der Waals surface area (Å²) < 4.78 is 40.6. The second-order valence-electron chi connectivity index (χ2n) is 9.61. The van der Waals surface area contributed by atoms with Gasteiger partial charge in [0.2, 0.25) is 5.95 Å². The zero-order chi connectivity index (χ0) is 28.3. The van der Waals surface area contributed by atoms with E-state index < -0.39 is 17.6 Å². The van der Waals surface area contributed by atoms with Crippen molar-refractivity contribution in [3.8, 4) is 0 Å². The molecule has 0 atom stereocenters. The highest BCUT2D eigenvalue weighted by atomic mass is 32.1. The maximum atomic E-state index is 13.5. The first-order valence-electron chi connectivity index (χ1n) is 12.3. The molecule has 7 nitrogen and oxygen atoms in total. The molecule has 0 spiro atoms. The van der Waals surface area contributed by atoms with Crippen molar-refractivity contribution in [3.05, 3.63) is 71.4 Å². The number of amides is 1. The number of nitrogen functional groups attached to an aromatic ring is 1.